The predicted molar refractivity (Wildman–Crippen MR) is 106 cm³/mol. The molecule has 0 aliphatic rings. The minimum absolute atomic E-state index is 0.109. The van der Waals surface area contributed by atoms with Crippen molar-refractivity contribution in [3.05, 3.63) is 76.1 Å². The number of aromatic nitrogens is 3. The first-order valence-corrected chi connectivity index (χ1v) is 10.4. The molecule has 29 heavy (non-hydrogen) atoms. The minimum Gasteiger partial charge on any atom is -0.493 e. The molecule has 0 spiro atoms. The van der Waals surface area contributed by atoms with E-state index in [2.05, 4.69) is 10.1 Å². The van der Waals surface area contributed by atoms with E-state index in [1.165, 1.54) is 54.5 Å². The lowest BCUT2D eigenvalue weighted by Gasteiger charge is -2.14. The van der Waals surface area contributed by atoms with Gasteiger partial charge >= 0.3 is 0 Å². The van der Waals surface area contributed by atoms with Crippen LogP contribution in [0.4, 0.5) is 0 Å². The summed E-state index contributed by atoms with van der Waals surface area (Å²) in [5.74, 6) is 0.0642. The van der Waals surface area contributed by atoms with Gasteiger partial charge in [0.25, 0.3) is 5.56 Å². The maximum absolute atomic E-state index is 12.7. The quantitative estimate of drug-likeness (QED) is 0.447. The highest BCUT2D eigenvalue weighted by Crippen LogP contribution is 2.28. The Balaban J connectivity index is 1.88. The van der Waals surface area contributed by atoms with E-state index in [1.54, 1.807) is 12.1 Å². The molecule has 0 bridgehead atoms. The summed E-state index contributed by atoms with van der Waals surface area (Å²) in [4.78, 5) is 16.7. The molecule has 0 N–H and O–H groups in total. The van der Waals surface area contributed by atoms with E-state index in [4.69, 9.17) is 20.9 Å². The van der Waals surface area contributed by atoms with Crippen LogP contribution < -0.4 is 10.3 Å². The van der Waals surface area contributed by atoms with Gasteiger partial charge in [-0.2, -0.15) is 0 Å². The van der Waals surface area contributed by atoms with Crippen molar-refractivity contribution >= 4 is 32.3 Å². The van der Waals surface area contributed by atoms with Crippen molar-refractivity contribution in [3.8, 4) is 11.4 Å². The smallest absolute Gasteiger partial charge is 0.255 e. The van der Waals surface area contributed by atoms with Crippen molar-refractivity contribution in [2.24, 2.45) is 0 Å². The molecule has 10 heteroatoms. The maximum Gasteiger partial charge on any atom is 0.255 e. The van der Waals surface area contributed by atoms with Crippen molar-refractivity contribution in [3.63, 3.8) is 0 Å². The first-order chi connectivity index (χ1) is 13.9. The molecule has 1 aromatic carbocycles. The highest BCUT2D eigenvalue weighted by atomic mass is 35.5. The summed E-state index contributed by atoms with van der Waals surface area (Å²) >= 11 is 6.00. The molecule has 0 atom stereocenters. The second-order valence-corrected chi connectivity index (χ2v) is 8.53. The van der Waals surface area contributed by atoms with Gasteiger partial charge in [-0.1, -0.05) is 16.8 Å². The first kappa shape index (κ1) is 19.2. The second-order valence-electron chi connectivity index (χ2n) is 6.16. The summed E-state index contributed by atoms with van der Waals surface area (Å²) in [6.45, 7) is 0. The van der Waals surface area contributed by atoms with Gasteiger partial charge in [-0.15, -0.1) is 0 Å². The third-order valence-corrected chi connectivity index (χ3v) is 6.18. The molecule has 0 aliphatic heterocycles. The SMILES string of the molecule is COc1cnc(Cl)cc1-n1c(=O)ccc2cc(S(=O)(=O)Cc3ccon3)ccc21. The maximum atomic E-state index is 12.7. The number of hydrogen-bond donors (Lipinski definition) is 0. The van der Waals surface area contributed by atoms with Gasteiger partial charge in [0.15, 0.2) is 15.6 Å². The van der Waals surface area contributed by atoms with Crippen LogP contribution in [0.1, 0.15) is 5.69 Å². The molecule has 0 amide bonds. The van der Waals surface area contributed by atoms with Crippen LogP contribution in [0.2, 0.25) is 5.15 Å². The fourth-order valence-electron chi connectivity index (χ4n) is 3.00. The zero-order valence-corrected chi connectivity index (χ0v) is 16.6. The Kier molecular flexibility index (Phi) is 4.85. The summed E-state index contributed by atoms with van der Waals surface area (Å²) in [5, 5.41) is 4.40. The monoisotopic (exact) mass is 431 g/mol. The van der Waals surface area contributed by atoms with Gasteiger partial charge in [0.05, 0.1) is 35.1 Å². The Labute approximate surface area is 170 Å². The van der Waals surface area contributed by atoms with Crippen LogP contribution in [-0.2, 0) is 15.6 Å². The molecular formula is C19H14ClN3O5S. The molecular weight excluding hydrogens is 418 g/mol. The minimum atomic E-state index is -3.65. The number of pyridine rings is 2. The average molecular weight is 432 g/mol. The largest absolute Gasteiger partial charge is 0.493 e. The molecule has 0 unspecified atom stereocenters. The number of rotatable bonds is 5. The summed E-state index contributed by atoms with van der Waals surface area (Å²) in [6.07, 6.45) is 2.73. The normalized spacial score (nSPS) is 11.7. The van der Waals surface area contributed by atoms with Crippen LogP contribution in [0, 0.1) is 0 Å². The molecule has 4 rings (SSSR count). The third-order valence-electron chi connectivity index (χ3n) is 4.33. The Hall–Kier alpha value is -3.17. The molecule has 0 aliphatic carbocycles. The van der Waals surface area contributed by atoms with Crippen molar-refractivity contribution in [2.75, 3.05) is 7.11 Å². The fourth-order valence-corrected chi connectivity index (χ4v) is 4.43. The van der Waals surface area contributed by atoms with Crippen LogP contribution >= 0.6 is 11.6 Å². The molecule has 148 valence electrons. The number of nitrogens with zero attached hydrogens (tertiary/aromatic N) is 3. The number of benzene rings is 1. The van der Waals surface area contributed by atoms with Gasteiger partial charge < -0.3 is 9.26 Å². The number of methoxy groups -OCH3 is 1. The van der Waals surface area contributed by atoms with E-state index in [-0.39, 0.29) is 21.4 Å². The van der Waals surface area contributed by atoms with Crippen molar-refractivity contribution < 1.29 is 17.7 Å². The Morgan fingerprint density at radius 2 is 2.00 bits per heavy atom. The van der Waals surface area contributed by atoms with E-state index in [1.807, 2.05) is 0 Å². The van der Waals surface area contributed by atoms with E-state index in [9.17, 15) is 13.2 Å². The number of fused-ring (bicyclic) bond motifs is 1. The van der Waals surface area contributed by atoms with Gasteiger partial charge in [0, 0.05) is 23.6 Å². The van der Waals surface area contributed by atoms with Crippen molar-refractivity contribution in [1.29, 1.82) is 0 Å². The molecule has 4 aromatic rings. The number of halogens is 1. The van der Waals surface area contributed by atoms with E-state index >= 15 is 0 Å². The second kappa shape index (κ2) is 7.34. The molecule has 8 nitrogen and oxygen atoms in total. The lowest BCUT2D eigenvalue weighted by atomic mass is 10.2. The standard InChI is InChI=1S/C19H14ClN3O5S/c1-27-17-10-21-18(20)9-16(17)23-15-4-3-14(8-12(15)2-5-19(23)24)29(25,26)11-13-6-7-28-22-13/h2-10H,11H2,1H3. The van der Waals surface area contributed by atoms with E-state index in [0.717, 1.165) is 0 Å². The third kappa shape index (κ3) is 3.62. The summed E-state index contributed by atoms with van der Waals surface area (Å²) in [5.41, 5.74) is 0.891. The molecule has 0 saturated heterocycles. The van der Waals surface area contributed by atoms with Gasteiger partial charge in [0.2, 0.25) is 0 Å². The molecule has 3 heterocycles. The van der Waals surface area contributed by atoms with Crippen molar-refractivity contribution in [1.82, 2.24) is 14.7 Å². The zero-order chi connectivity index (χ0) is 20.6. The van der Waals surface area contributed by atoms with Crippen LogP contribution in [0.5, 0.6) is 5.75 Å². The summed E-state index contributed by atoms with van der Waals surface area (Å²) < 4.78 is 36.8. The van der Waals surface area contributed by atoms with E-state index in [0.29, 0.717) is 28.0 Å². The molecule has 0 fully saturated rings. The van der Waals surface area contributed by atoms with Gasteiger partial charge in [-0.05, 0) is 24.3 Å². The molecule has 3 aromatic heterocycles. The zero-order valence-electron chi connectivity index (χ0n) is 15.1. The lowest BCUT2D eigenvalue weighted by Crippen LogP contribution is -2.18. The summed E-state index contributed by atoms with van der Waals surface area (Å²) in [7, 11) is -2.19. The summed E-state index contributed by atoms with van der Waals surface area (Å²) in [6, 6.07) is 10.5. The number of ether oxygens (including phenoxy) is 1. The molecule has 0 radical (unpaired) electrons. The van der Waals surface area contributed by atoms with Crippen molar-refractivity contribution in [2.45, 2.75) is 10.6 Å². The number of hydrogen-bond acceptors (Lipinski definition) is 7. The van der Waals surface area contributed by atoms with Crippen LogP contribution in [-0.4, -0.2) is 30.2 Å². The van der Waals surface area contributed by atoms with Crippen LogP contribution in [0.25, 0.3) is 16.6 Å². The van der Waals surface area contributed by atoms with Crippen LogP contribution in [0.15, 0.2) is 69.1 Å². The van der Waals surface area contributed by atoms with Gasteiger partial charge in [-0.25, -0.2) is 13.4 Å². The first-order valence-electron chi connectivity index (χ1n) is 8.37. The van der Waals surface area contributed by atoms with Gasteiger partial charge in [0.1, 0.15) is 17.2 Å². The van der Waals surface area contributed by atoms with Crippen LogP contribution in [0.3, 0.4) is 0 Å². The number of sulfone groups is 1. The fraction of sp³-hybridized carbons (Fsp3) is 0.105. The lowest BCUT2D eigenvalue weighted by molar-refractivity contribution is 0.411. The Bertz CT molecular complexity index is 1360. The highest BCUT2D eigenvalue weighted by molar-refractivity contribution is 7.90. The Morgan fingerprint density at radius 1 is 1.17 bits per heavy atom. The highest BCUT2D eigenvalue weighted by Gasteiger charge is 2.19. The molecule has 0 saturated carbocycles. The van der Waals surface area contributed by atoms with Gasteiger partial charge in [-0.3, -0.25) is 9.36 Å². The average Bonchev–Trinajstić information content (AvgIpc) is 3.20. The Morgan fingerprint density at radius 3 is 2.72 bits per heavy atom. The topological polar surface area (TPSA) is 104 Å². The predicted octanol–water partition coefficient (Wildman–Crippen LogP) is 3.01. The van der Waals surface area contributed by atoms with E-state index < -0.39 is 9.84 Å².